The maximum absolute atomic E-state index is 5.36. The van der Waals surface area contributed by atoms with Crippen LogP contribution in [0.3, 0.4) is 0 Å². The largest absolute Gasteiger partial charge is 0.656 e. The summed E-state index contributed by atoms with van der Waals surface area (Å²) in [6.45, 7) is 19.8. The molecule has 0 bridgehead atoms. The average molecular weight is 954 g/mol. The molecule has 59 heavy (non-hydrogen) atoms. The van der Waals surface area contributed by atoms with Gasteiger partial charge in [-0.3, -0.25) is 0 Å². The van der Waals surface area contributed by atoms with E-state index in [9.17, 15) is 0 Å². The molecule has 0 saturated carbocycles. The minimum atomic E-state index is 0. The van der Waals surface area contributed by atoms with E-state index in [2.05, 4.69) is 224 Å². The SMILES string of the molecule is CC(C)c1cccc(C(C)C)c1N1[CH-]N(c2c(-c3ccccc3)cccc2-c2ccccc2)C(c2ccccc2)=N1.Cc1cc(C)c2[n-]c3c(C)cc(C)cc3c2c1.[Au]. The zero-order valence-corrected chi connectivity index (χ0v) is 37.4. The Kier molecular flexibility index (Phi) is 12.4. The van der Waals surface area contributed by atoms with E-state index < -0.39 is 0 Å². The quantitative estimate of drug-likeness (QED) is 0.118. The normalized spacial score (nSPS) is 12.5. The second-order valence-electron chi connectivity index (χ2n) is 16.2. The van der Waals surface area contributed by atoms with Gasteiger partial charge >= 0.3 is 0 Å². The number of aryl methyl sites for hydroxylation is 4. The first kappa shape index (κ1) is 41.5. The molecule has 0 saturated heterocycles. The third-order valence-electron chi connectivity index (χ3n) is 11.1. The Labute approximate surface area is 366 Å². The molecule has 1 aromatic heterocycles. The number of para-hydroxylation sites is 2. The smallest absolute Gasteiger partial charge is 0.129 e. The van der Waals surface area contributed by atoms with E-state index in [-0.39, 0.29) is 22.4 Å². The predicted octanol–water partition coefficient (Wildman–Crippen LogP) is 14.3. The number of anilines is 2. The second-order valence-corrected chi connectivity index (χ2v) is 16.2. The molecule has 0 aliphatic carbocycles. The van der Waals surface area contributed by atoms with Crippen molar-refractivity contribution >= 4 is 39.0 Å². The Morgan fingerprint density at radius 1 is 0.492 bits per heavy atom. The van der Waals surface area contributed by atoms with Gasteiger partial charge in [0.15, 0.2) is 0 Å². The Bertz CT molecular complexity index is 2600. The average Bonchev–Trinajstić information content (AvgIpc) is 3.84. The minimum absolute atomic E-state index is 0. The van der Waals surface area contributed by atoms with Gasteiger partial charge in [-0.05, 0) is 72.6 Å². The molecule has 0 N–H and O–H groups in total. The molecule has 5 heteroatoms. The monoisotopic (exact) mass is 953 g/mol. The van der Waals surface area contributed by atoms with Crippen molar-refractivity contribution in [2.45, 2.75) is 67.2 Å². The standard InChI is InChI=1S/C38H36N3.C16H16N.Au/c1-27(2)32-22-14-23-33(28(3)4)37(32)41-26-40(38(39-41)31-20-12-7-13-21-31)36-34(29-16-8-5-9-17-29)24-15-25-35(36)30-18-10-6-11-19-30;1-9-5-11(3)15-13(7-9)14-8-10(2)6-12(4)16(14)17-15;/h5-28H,1-4H3;5-8H,1-4H3;/q2*-1;. The van der Waals surface area contributed by atoms with Crippen molar-refractivity contribution < 1.29 is 22.4 Å². The molecule has 0 atom stereocenters. The molecule has 0 amide bonds. The summed E-state index contributed by atoms with van der Waals surface area (Å²) in [5.74, 6) is 1.62. The first-order valence-corrected chi connectivity index (χ1v) is 20.5. The second kappa shape index (κ2) is 17.7. The topological polar surface area (TPSA) is 32.9 Å². The summed E-state index contributed by atoms with van der Waals surface area (Å²) >= 11 is 0. The Morgan fingerprint density at radius 3 is 1.36 bits per heavy atom. The molecule has 0 unspecified atom stereocenters. The third-order valence-corrected chi connectivity index (χ3v) is 11.1. The Balaban J connectivity index is 0.000000244. The van der Waals surface area contributed by atoms with Crippen LogP contribution >= 0.6 is 0 Å². The minimum Gasteiger partial charge on any atom is -0.656 e. The van der Waals surface area contributed by atoms with Gasteiger partial charge in [0.2, 0.25) is 0 Å². The summed E-state index contributed by atoms with van der Waals surface area (Å²) < 4.78 is 0. The van der Waals surface area contributed by atoms with Crippen molar-refractivity contribution in [2.75, 3.05) is 9.91 Å². The van der Waals surface area contributed by atoms with Crippen molar-refractivity contribution in [3.8, 4) is 22.3 Å². The van der Waals surface area contributed by atoms with Crippen LogP contribution in [-0.2, 0) is 22.4 Å². The van der Waals surface area contributed by atoms with Gasteiger partial charge in [-0.25, -0.2) is 0 Å². The number of hydrogen-bond acceptors (Lipinski definition) is 3. The van der Waals surface area contributed by atoms with Gasteiger partial charge in [0.05, 0.1) is 0 Å². The van der Waals surface area contributed by atoms with Crippen molar-refractivity contribution in [2.24, 2.45) is 5.10 Å². The molecule has 1 aliphatic rings. The predicted molar refractivity (Wildman–Crippen MR) is 248 cm³/mol. The fourth-order valence-corrected chi connectivity index (χ4v) is 8.42. The van der Waals surface area contributed by atoms with Gasteiger partial charge in [-0.15, -0.1) is 17.7 Å². The van der Waals surface area contributed by atoms with Gasteiger partial charge in [0, 0.05) is 50.4 Å². The maximum Gasteiger partial charge on any atom is 0.129 e. The Hall–Kier alpha value is -5.65. The van der Waals surface area contributed by atoms with Gasteiger partial charge < -0.3 is 14.9 Å². The number of amidine groups is 1. The van der Waals surface area contributed by atoms with Crippen LogP contribution in [0.25, 0.3) is 44.1 Å². The fourth-order valence-electron chi connectivity index (χ4n) is 8.42. The van der Waals surface area contributed by atoms with Crippen LogP contribution in [0.1, 0.15) is 78.5 Å². The molecule has 301 valence electrons. The number of hydrazone groups is 1. The van der Waals surface area contributed by atoms with Crippen molar-refractivity contribution in [1.29, 1.82) is 0 Å². The molecular formula is C54H52AuN4-2. The summed E-state index contributed by atoms with van der Waals surface area (Å²) in [4.78, 5) is 7.09. The van der Waals surface area contributed by atoms with E-state index in [1.54, 1.807) is 0 Å². The summed E-state index contributed by atoms with van der Waals surface area (Å²) in [7, 11) is 0. The Morgan fingerprint density at radius 2 is 0.915 bits per heavy atom. The van der Waals surface area contributed by atoms with E-state index >= 15 is 0 Å². The van der Waals surface area contributed by atoms with Crippen LogP contribution in [0.4, 0.5) is 11.4 Å². The maximum atomic E-state index is 5.36. The van der Waals surface area contributed by atoms with Crippen LogP contribution in [-0.4, -0.2) is 5.84 Å². The van der Waals surface area contributed by atoms with Crippen LogP contribution in [0.15, 0.2) is 157 Å². The zero-order chi connectivity index (χ0) is 40.5. The van der Waals surface area contributed by atoms with E-state index in [0.29, 0.717) is 11.8 Å². The van der Waals surface area contributed by atoms with Crippen LogP contribution < -0.4 is 14.9 Å². The van der Waals surface area contributed by atoms with Crippen molar-refractivity contribution in [3.05, 3.63) is 197 Å². The van der Waals surface area contributed by atoms with E-state index in [4.69, 9.17) is 10.1 Å². The molecule has 9 rings (SSSR count). The van der Waals surface area contributed by atoms with E-state index in [0.717, 1.165) is 39.2 Å². The van der Waals surface area contributed by atoms with Crippen LogP contribution in [0.2, 0.25) is 0 Å². The first-order valence-electron chi connectivity index (χ1n) is 20.5. The van der Waals surface area contributed by atoms with Gasteiger partial charge in [-0.2, -0.15) is 5.10 Å². The number of benzene rings is 7. The molecule has 0 spiro atoms. The summed E-state index contributed by atoms with van der Waals surface area (Å²) in [5, 5.41) is 10.1. The van der Waals surface area contributed by atoms with Gasteiger partial charge in [-0.1, -0.05) is 202 Å². The van der Waals surface area contributed by atoms with Crippen LogP contribution in [0, 0.1) is 34.4 Å². The number of fused-ring (bicyclic) bond motifs is 3. The molecule has 7 aromatic carbocycles. The first-order chi connectivity index (χ1) is 28.1. The van der Waals surface area contributed by atoms with Gasteiger partial charge in [0.25, 0.3) is 0 Å². The fraction of sp³-hybridized carbons (Fsp3) is 0.185. The zero-order valence-electron chi connectivity index (χ0n) is 35.3. The van der Waals surface area contributed by atoms with Crippen molar-refractivity contribution in [1.82, 2.24) is 4.98 Å². The molecular weight excluding hydrogens is 902 g/mol. The molecule has 2 heterocycles. The van der Waals surface area contributed by atoms with E-state index in [1.807, 2.05) is 0 Å². The van der Waals surface area contributed by atoms with Gasteiger partial charge in [0.1, 0.15) is 5.84 Å². The van der Waals surface area contributed by atoms with Crippen LogP contribution in [0.5, 0.6) is 0 Å². The molecule has 1 radical (unpaired) electrons. The molecule has 8 aromatic rings. The summed E-state index contributed by atoms with van der Waals surface area (Å²) in [6, 6.07) is 54.0. The summed E-state index contributed by atoms with van der Waals surface area (Å²) in [6.07, 6.45) is 0. The number of rotatable bonds is 7. The number of aromatic nitrogens is 1. The molecule has 1 aliphatic heterocycles. The number of nitrogens with zero attached hydrogens (tertiary/aromatic N) is 4. The van der Waals surface area contributed by atoms with Crippen molar-refractivity contribution in [3.63, 3.8) is 0 Å². The molecule has 0 fully saturated rings. The number of hydrogen-bond donors (Lipinski definition) is 0. The van der Waals surface area contributed by atoms with E-state index in [1.165, 1.54) is 61.0 Å². The summed E-state index contributed by atoms with van der Waals surface area (Å²) in [5.41, 5.74) is 18.1. The molecule has 4 nitrogen and oxygen atoms in total. The third kappa shape index (κ3) is 8.31.